The summed E-state index contributed by atoms with van der Waals surface area (Å²) in [5.41, 5.74) is 5.70. The Labute approximate surface area is 95.8 Å². The molecular weight excluding hydrogens is 229 g/mol. The highest BCUT2D eigenvalue weighted by Gasteiger charge is 2.27. The second kappa shape index (κ2) is 4.42. The van der Waals surface area contributed by atoms with Gasteiger partial charge in [0.05, 0.1) is 5.69 Å². The molecule has 0 unspecified atom stereocenters. The lowest BCUT2D eigenvalue weighted by Gasteiger charge is -2.26. The van der Waals surface area contributed by atoms with Crippen LogP contribution in [0.5, 0.6) is 0 Å². The summed E-state index contributed by atoms with van der Waals surface area (Å²) in [5, 5.41) is 8.89. The largest absolute Gasteiger partial charge is 0.328 e. The van der Waals surface area contributed by atoms with Crippen LogP contribution in [0.15, 0.2) is 6.07 Å². The first kappa shape index (κ1) is 11.4. The summed E-state index contributed by atoms with van der Waals surface area (Å²) in [6.45, 7) is 0.200. The van der Waals surface area contributed by atoms with Crippen LogP contribution < -0.4 is 16.0 Å². The maximum absolute atomic E-state index is 13.4. The summed E-state index contributed by atoms with van der Waals surface area (Å²) in [5.74, 6) is -1.25. The highest BCUT2D eigenvalue weighted by atomic mass is 19.1. The minimum Gasteiger partial charge on any atom is -0.325 e. The highest BCUT2D eigenvalue weighted by molar-refractivity contribution is 6.05. The van der Waals surface area contributed by atoms with Crippen molar-refractivity contribution < 1.29 is 14.0 Å². The number of hydrogen-bond acceptors (Lipinski definition) is 5. The fourth-order valence-electron chi connectivity index (χ4n) is 1.49. The minimum atomic E-state index is -0.869. The van der Waals surface area contributed by atoms with Crippen LogP contribution in [-0.2, 0) is 11.3 Å². The van der Waals surface area contributed by atoms with Crippen molar-refractivity contribution in [3.63, 3.8) is 0 Å². The summed E-state index contributed by atoms with van der Waals surface area (Å²) in [6.07, 6.45) is 0.117. The van der Waals surface area contributed by atoms with Crippen molar-refractivity contribution >= 4 is 17.6 Å². The number of imide groups is 1. The minimum absolute atomic E-state index is 0.0227. The Morgan fingerprint density at radius 2 is 2.24 bits per heavy atom. The number of nitrogens with two attached hydrogens (primary N) is 1. The Morgan fingerprint density at radius 3 is 2.88 bits per heavy atom. The molecule has 1 aromatic heterocycles. The van der Waals surface area contributed by atoms with E-state index in [1.165, 1.54) is 6.07 Å². The van der Waals surface area contributed by atoms with Crippen LogP contribution in [0.3, 0.4) is 0 Å². The molecule has 3 amide bonds. The Morgan fingerprint density at radius 1 is 1.47 bits per heavy atom. The van der Waals surface area contributed by atoms with Crippen molar-refractivity contribution in [2.24, 2.45) is 5.73 Å². The number of nitrogens with one attached hydrogen (secondary N) is 1. The SMILES string of the molecule is NCc1cc(N2CCC(=O)NC2=O)c(F)nn1. The van der Waals surface area contributed by atoms with Crippen LogP contribution in [0.25, 0.3) is 0 Å². The fraction of sp³-hybridized carbons (Fsp3) is 0.333. The molecule has 3 N–H and O–H groups in total. The molecule has 1 saturated heterocycles. The number of urea groups is 1. The second-order valence-electron chi connectivity index (χ2n) is 3.47. The Kier molecular flexibility index (Phi) is 2.96. The van der Waals surface area contributed by atoms with Gasteiger partial charge in [0, 0.05) is 19.5 Å². The van der Waals surface area contributed by atoms with Crippen molar-refractivity contribution in [2.75, 3.05) is 11.4 Å². The number of anilines is 1. The molecule has 2 rings (SSSR count). The topological polar surface area (TPSA) is 101 Å². The molecule has 0 aromatic carbocycles. The third-order valence-electron chi connectivity index (χ3n) is 2.33. The lowest BCUT2D eigenvalue weighted by atomic mass is 10.2. The van der Waals surface area contributed by atoms with Gasteiger partial charge in [-0.2, -0.15) is 9.49 Å². The summed E-state index contributed by atoms with van der Waals surface area (Å²) in [6, 6.07) is 0.675. The number of hydrogen-bond donors (Lipinski definition) is 2. The van der Waals surface area contributed by atoms with E-state index < -0.39 is 12.0 Å². The zero-order valence-electron chi connectivity index (χ0n) is 8.81. The molecule has 1 aliphatic rings. The van der Waals surface area contributed by atoms with Crippen LogP contribution in [0.1, 0.15) is 12.1 Å². The van der Waals surface area contributed by atoms with Gasteiger partial charge in [0.25, 0.3) is 5.95 Å². The molecule has 7 nitrogen and oxygen atoms in total. The van der Waals surface area contributed by atoms with Crippen LogP contribution in [0.4, 0.5) is 14.9 Å². The molecule has 1 fully saturated rings. The van der Waals surface area contributed by atoms with Gasteiger partial charge < -0.3 is 5.73 Å². The third kappa shape index (κ3) is 2.21. The van der Waals surface area contributed by atoms with Crippen LogP contribution in [-0.4, -0.2) is 28.7 Å². The molecular formula is C9H10FN5O2. The number of rotatable bonds is 2. The summed E-state index contributed by atoms with van der Waals surface area (Å²) in [4.78, 5) is 23.6. The van der Waals surface area contributed by atoms with Gasteiger partial charge in [-0.3, -0.25) is 15.0 Å². The number of aromatic nitrogens is 2. The van der Waals surface area contributed by atoms with E-state index >= 15 is 0 Å². The average Bonchev–Trinajstić information content (AvgIpc) is 2.30. The standard InChI is InChI=1S/C9H10FN5O2/c10-8-6(3-5(4-11)13-14-8)15-2-1-7(16)12-9(15)17/h3H,1-2,4,11H2,(H,12,16,17). The second-order valence-corrected chi connectivity index (χ2v) is 3.47. The maximum atomic E-state index is 13.4. The van der Waals surface area contributed by atoms with Crippen LogP contribution in [0.2, 0.25) is 0 Å². The Balaban J connectivity index is 2.33. The van der Waals surface area contributed by atoms with E-state index in [1.807, 2.05) is 0 Å². The summed E-state index contributed by atoms with van der Waals surface area (Å²) in [7, 11) is 0. The van der Waals surface area contributed by atoms with Gasteiger partial charge in [0.2, 0.25) is 5.91 Å². The van der Waals surface area contributed by atoms with Gasteiger partial charge >= 0.3 is 6.03 Å². The number of halogens is 1. The summed E-state index contributed by atoms with van der Waals surface area (Å²) < 4.78 is 13.4. The monoisotopic (exact) mass is 239 g/mol. The molecule has 1 aromatic rings. The van der Waals surface area contributed by atoms with Gasteiger partial charge in [0.1, 0.15) is 5.69 Å². The molecule has 0 radical (unpaired) electrons. The van der Waals surface area contributed by atoms with E-state index in [9.17, 15) is 14.0 Å². The first-order valence-electron chi connectivity index (χ1n) is 4.95. The third-order valence-corrected chi connectivity index (χ3v) is 2.33. The molecule has 8 heteroatoms. The lowest BCUT2D eigenvalue weighted by molar-refractivity contribution is -0.120. The quantitative estimate of drug-likeness (QED) is 0.725. The lowest BCUT2D eigenvalue weighted by Crippen LogP contribution is -2.50. The van der Waals surface area contributed by atoms with Crippen molar-refractivity contribution in [1.82, 2.24) is 15.5 Å². The van der Waals surface area contributed by atoms with Crippen molar-refractivity contribution in [1.29, 1.82) is 0 Å². The van der Waals surface area contributed by atoms with Gasteiger partial charge in [-0.05, 0) is 6.07 Å². The highest BCUT2D eigenvalue weighted by Crippen LogP contribution is 2.19. The molecule has 0 spiro atoms. The molecule has 90 valence electrons. The van der Waals surface area contributed by atoms with E-state index in [-0.39, 0.29) is 31.1 Å². The normalized spacial score (nSPS) is 16.0. The average molecular weight is 239 g/mol. The zero-order chi connectivity index (χ0) is 12.4. The molecule has 2 heterocycles. The smallest absolute Gasteiger partial charge is 0.325 e. The van der Waals surface area contributed by atoms with Gasteiger partial charge in [-0.15, -0.1) is 5.10 Å². The van der Waals surface area contributed by atoms with Crippen molar-refractivity contribution in [3.05, 3.63) is 17.7 Å². The number of nitrogens with zero attached hydrogens (tertiary/aromatic N) is 3. The molecule has 1 aliphatic heterocycles. The van der Waals surface area contributed by atoms with E-state index in [4.69, 9.17) is 5.73 Å². The van der Waals surface area contributed by atoms with Crippen LogP contribution in [0, 0.1) is 5.95 Å². The van der Waals surface area contributed by atoms with Gasteiger partial charge in [-0.25, -0.2) is 4.79 Å². The summed E-state index contributed by atoms with van der Waals surface area (Å²) >= 11 is 0. The molecule has 17 heavy (non-hydrogen) atoms. The van der Waals surface area contributed by atoms with E-state index in [0.29, 0.717) is 5.69 Å². The predicted molar refractivity (Wildman–Crippen MR) is 55.4 cm³/mol. The van der Waals surface area contributed by atoms with E-state index in [2.05, 4.69) is 15.5 Å². The number of amides is 3. The van der Waals surface area contributed by atoms with Gasteiger partial charge in [-0.1, -0.05) is 0 Å². The Bertz CT molecular complexity index is 478. The fourth-order valence-corrected chi connectivity index (χ4v) is 1.49. The van der Waals surface area contributed by atoms with Gasteiger partial charge in [0.15, 0.2) is 0 Å². The Hall–Kier alpha value is -2.09. The zero-order valence-corrected chi connectivity index (χ0v) is 8.81. The van der Waals surface area contributed by atoms with E-state index in [0.717, 1.165) is 4.90 Å². The van der Waals surface area contributed by atoms with Crippen molar-refractivity contribution in [2.45, 2.75) is 13.0 Å². The van der Waals surface area contributed by atoms with Crippen molar-refractivity contribution in [3.8, 4) is 0 Å². The molecule has 0 atom stereocenters. The predicted octanol–water partition coefficient (Wildman–Crippen LogP) is -0.479. The molecule has 0 saturated carbocycles. The number of carbonyl (C=O) groups is 2. The maximum Gasteiger partial charge on any atom is 0.328 e. The van der Waals surface area contributed by atoms with E-state index in [1.54, 1.807) is 0 Å². The molecule has 0 bridgehead atoms. The number of carbonyl (C=O) groups excluding carboxylic acids is 2. The first-order valence-corrected chi connectivity index (χ1v) is 4.95. The molecule has 0 aliphatic carbocycles. The first-order chi connectivity index (χ1) is 8.11. The van der Waals surface area contributed by atoms with Crippen LogP contribution >= 0.6 is 0 Å².